The van der Waals surface area contributed by atoms with Gasteiger partial charge < -0.3 is 5.32 Å². The lowest BCUT2D eigenvalue weighted by Crippen LogP contribution is -2.05. The van der Waals surface area contributed by atoms with Crippen molar-refractivity contribution < 1.29 is 4.79 Å². The van der Waals surface area contributed by atoms with Crippen LogP contribution in [0.4, 0.5) is 5.69 Å². The highest BCUT2D eigenvalue weighted by Crippen LogP contribution is 2.34. The van der Waals surface area contributed by atoms with Crippen LogP contribution in [0.15, 0.2) is 78.9 Å². The minimum absolute atomic E-state index is 0.0989. The molecule has 4 heteroatoms. The predicted octanol–water partition coefficient (Wildman–Crippen LogP) is 6.18. The van der Waals surface area contributed by atoms with E-state index in [1.807, 2.05) is 60.7 Å². The third-order valence-electron chi connectivity index (χ3n) is 4.33. The molecule has 1 N–H and O–H groups in total. The maximum atomic E-state index is 11.4. The molecule has 0 aliphatic rings. The van der Waals surface area contributed by atoms with Crippen LogP contribution in [0.5, 0.6) is 0 Å². The van der Waals surface area contributed by atoms with Crippen molar-refractivity contribution in [2.45, 2.75) is 6.92 Å². The first-order valence-corrected chi connectivity index (χ1v) is 9.02. The van der Waals surface area contributed by atoms with Crippen LogP contribution >= 0.6 is 11.6 Å². The Balaban J connectivity index is 1.93. The maximum absolute atomic E-state index is 11.4. The highest BCUT2D eigenvalue weighted by Gasteiger charge is 2.11. The van der Waals surface area contributed by atoms with E-state index in [-0.39, 0.29) is 5.91 Å². The van der Waals surface area contributed by atoms with Crippen LogP contribution in [0.2, 0.25) is 5.02 Å². The molecule has 3 nitrogen and oxygen atoms in total. The average molecular weight is 373 g/mol. The van der Waals surface area contributed by atoms with Gasteiger partial charge in [0, 0.05) is 28.6 Å². The maximum Gasteiger partial charge on any atom is 0.221 e. The normalized spacial score (nSPS) is 10.7. The fourth-order valence-corrected chi connectivity index (χ4v) is 3.33. The first kappa shape index (κ1) is 17.3. The van der Waals surface area contributed by atoms with Crippen molar-refractivity contribution >= 4 is 34.1 Å². The number of benzene rings is 3. The Hall–Kier alpha value is -3.17. The molecule has 3 aromatic carbocycles. The zero-order valence-corrected chi connectivity index (χ0v) is 15.5. The van der Waals surface area contributed by atoms with Gasteiger partial charge >= 0.3 is 0 Å². The highest BCUT2D eigenvalue weighted by atomic mass is 35.5. The minimum atomic E-state index is -0.0989. The second-order valence-corrected chi connectivity index (χ2v) is 6.78. The van der Waals surface area contributed by atoms with Crippen molar-refractivity contribution in [2.24, 2.45) is 0 Å². The molecule has 0 saturated heterocycles. The average Bonchev–Trinajstić information content (AvgIpc) is 2.67. The standard InChI is InChI=1S/C23H17ClN2O/c1-15(27)25-19-9-5-8-17(12-19)23-14-20(16-6-3-2-4-7-16)21-13-18(24)10-11-22(21)26-23/h2-14H,1H3,(H,25,27). The summed E-state index contributed by atoms with van der Waals surface area (Å²) in [6.45, 7) is 1.50. The van der Waals surface area contributed by atoms with Crippen LogP contribution in [-0.4, -0.2) is 10.9 Å². The number of rotatable bonds is 3. The van der Waals surface area contributed by atoms with E-state index in [0.717, 1.165) is 39.0 Å². The first-order valence-electron chi connectivity index (χ1n) is 8.64. The monoisotopic (exact) mass is 372 g/mol. The van der Waals surface area contributed by atoms with Gasteiger partial charge in [-0.25, -0.2) is 4.98 Å². The smallest absolute Gasteiger partial charge is 0.221 e. The number of fused-ring (bicyclic) bond motifs is 1. The largest absolute Gasteiger partial charge is 0.326 e. The Labute approximate surface area is 162 Å². The molecule has 0 radical (unpaired) electrons. The summed E-state index contributed by atoms with van der Waals surface area (Å²) < 4.78 is 0. The van der Waals surface area contributed by atoms with Crippen molar-refractivity contribution in [1.29, 1.82) is 0 Å². The SMILES string of the molecule is CC(=O)Nc1cccc(-c2cc(-c3ccccc3)c3cc(Cl)ccc3n2)c1. The lowest BCUT2D eigenvalue weighted by atomic mass is 9.98. The molecule has 1 aromatic heterocycles. The summed E-state index contributed by atoms with van der Waals surface area (Å²) in [6, 6.07) is 25.7. The summed E-state index contributed by atoms with van der Waals surface area (Å²) >= 11 is 6.24. The summed E-state index contributed by atoms with van der Waals surface area (Å²) in [7, 11) is 0. The minimum Gasteiger partial charge on any atom is -0.326 e. The third kappa shape index (κ3) is 3.69. The quantitative estimate of drug-likeness (QED) is 0.466. The Morgan fingerprint density at radius 3 is 2.44 bits per heavy atom. The van der Waals surface area contributed by atoms with E-state index in [1.54, 1.807) is 0 Å². The van der Waals surface area contributed by atoms with Crippen LogP contribution < -0.4 is 5.32 Å². The lowest BCUT2D eigenvalue weighted by Gasteiger charge is -2.12. The zero-order chi connectivity index (χ0) is 18.8. The van der Waals surface area contributed by atoms with E-state index < -0.39 is 0 Å². The summed E-state index contributed by atoms with van der Waals surface area (Å²) in [5.41, 5.74) is 5.58. The fraction of sp³-hybridized carbons (Fsp3) is 0.0435. The van der Waals surface area contributed by atoms with E-state index in [1.165, 1.54) is 6.92 Å². The molecule has 1 heterocycles. The van der Waals surface area contributed by atoms with Gasteiger partial charge in [-0.1, -0.05) is 54.1 Å². The molecular weight excluding hydrogens is 356 g/mol. The van der Waals surface area contributed by atoms with Crippen molar-refractivity contribution in [3.8, 4) is 22.4 Å². The molecule has 27 heavy (non-hydrogen) atoms. The lowest BCUT2D eigenvalue weighted by molar-refractivity contribution is -0.114. The second kappa shape index (κ2) is 7.22. The van der Waals surface area contributed by atoms with Gasteiger partial charge in [-0.2, -0.15) is 0 Å². The number of halogens is 1. The molecule has 0 bridgehead atoms. The van der Waals surface area contributed by atoms with E-state index in [0.29, 0.717) is 5.02 Å². The molecule has 0 aliphatic heterocycles. The first-order chi connectivity index (χ1) is 13.1. The zero-order valence-electron chi connectivity index (χ0n) is 14.7. The second-order valence-electron chi connectivity index (χ2n) is 6.34. The van der Waals surface area contributed by atoms with Gasteiger partial charge in [0.05, 0.1) is 11.2 Å². The molecular formula is C23H17ClN2O. The number of anilines is 1. The van der Waals surface area contributed by atoms with Gasteiger partial charge in [-0.3, -0.25) is 4.79 Å². The van der Waals surface area contributed by atoms with Gasteiger partial charge in [0.25, 0.3) is 0 Å². The van der Waals surface area contributed by atoms with Crippen molar-refractivity contribution in [1.82, 2.24) is 4.98 Å². The molecule has 4 aromatic rings. The Bertz CT molecular complexity index is 1140. The summed E-state index contributed by atoms with van der Waals surface area (Å²) in [5.74, 6) is -0.0989. The number of carbonyl (C=O) groups excluding carboxylic acids is 1. The number of hydrogen-bond donors (Lipinski definition) is 1. The van der Waals surface area contributed by atoms with Crippen LogP contribution in [0.25, 0.3) is 33.3 Å². The number of carbonyl (C=O) groups is 1. The summed E-state index contributed by atoms with van der Waals surface area (Å²) in [5, 5.41) is 4.51. The van der Waals surface area contributed by atoms with Gasteiger partial charge in [-0.15, -0.1) is 0 Å². The third-order valence-corrected chi connectivity index (χ3v) is 4.57. The number of amides is 1. The molecule has 0 aliphatic carbocycles. The summed E-state index contributed by atoms with van der Waals surface area (Å²) in [6.07, 6.45) is 0. The van der Waals surface area contributed by atoms with Crippen molar-refractivity contribution in [3.63, 3.8) is 0 Å². The predicted molar refractivity (Wildman–Crippen MR) is 112 cm³/mol. The molecule has 1 amide bonds. The van der Waals surface area contributed by atoms with Crippen molar-refractivity contribution in [2.75, 3.05) is 5.32 Å². The highest BCUT2D eigenvalue weighted by molar-refractivity contribution is 6.31. The number of nitrogens with one attached hydrogen (secondary N) is 1. The van der Waals surface area contributed by atoms with Gasteiger partial charge in [0.15, 0.2) is 0 Å². The van der Waals surface area contributed by atoms with Gasteiger partial charge in [-0.05, 0) is 47.5 Å². The number of aromatic nitrogens is 1. The van der Waals surface area contributed by atoms with Gasteiger partial charge in [0.2, 0.25) is 5.91 Å². The summed E-state index contributed by atoms with van der Waals surface area (Å²) in [4.78, 5) is 16.2. The van der Waals surface area contributed by atoms with Crippen LogP contribution in [0.3, 0.4) is 0 Å². The molecule has 132 valence electrons. The Morgan fingerprint density at radius 2 is 1.67 bits per heavy atom. The van der Waals surface area contributed by atoms with E-state index in [9.17, 15) is 4.79 Å². The molecule has 0 atom stereocenters. The topological polar surface area (TPSA) is 42.0 Å². The molecule has 0 spiro atoms. The number of hydrogen-bond acceptors (Lipinski definition) is 2. The Kier molecular flexibility index (Phi) is 4.61. The number of pyridine rings is 1. The van der Waals surface area contributed by atoms with Crippen LogP contribution in [0, 0.1) is 0 Å². The number of nitrogens with zero attached hydrogens (tertiary/aromatic N) is 1. The molecule has 0 saturated carbocycles. The van der Waals surface area contributed by atoms with Crippen molar-refractivity contribution in [3.05, 3.63) is 83.9 Å². The fourth-order valence-electron chi connectivity index (χ4n) is 3.16. The van der Waals surface area contributed by atoms with E-state index in [2.05, 4.69) is 23.5 Å². The molecule has 0 fully saturated rings. The van der Waals surface area contributed by atoms with Gasteiger partial charge in [0.1, 0.15) is 0 Å². The molecule has 0 unspecified atom stereocenters. The van der Waals surface area contributed by atoms with Crippen LogP contribution in [0.1, 0.15) is 6.92 Å². The van der Waals surface area contributed by atoms with Crippen LogP contribution in [-0.2, 0) is 4.79 Å². The molecule has 4 rings (SSSR count). The van der Waals surface area contributed by atoms with E-state index in [4.69, 9.17) is 16.6 Å². The van der Waals surface area contributed by atoms with E-state index >= 15 is 0 Å². The Morgan fingerprint density at radius 1 is 0.889 bits per heavy atom.